The molecule has 0 radical (unpaired) electrons. The molecule has 2 aromatic carbocycles. The van der Waals surface area contributed by atoms with Crippen LogP contribution >= 0.6 is 11.8 Å². The summed E-state index contributed by atoms with van der Waals surface area (Å²) in [6, 6.07) is 16.1. The lowest BCUT2D eigenvalue weighted by atomic mass is 10.1. The number of rotatable bonds is 5. The molecule has 0 saturated carbocycles. The molecule has 0 unspecified atom stereocenters. The summed E-state index contributed by atoms with van der Waals surface area (Å²) >= 11 is 1.31. The zero-order chi connectivity index (χ0) is 19.7. The van der Waals surface area contributed by atoms with Crippen LogP contribution in [0.4, 0.5) is 5.69 Å². The van der Waals surface area contributed by atoms with Crippen LogP contribution in [0.25, 0.3) is 16.8 Å². The van der Waals surface area contributed by atoms with Gasteiger partial charge < -0.3 is 0 Å². The molecule has 9 heteroatoms. The van der Waals surface area contributed by atoms with Gasteiger partial charge in [-0.15, -0.1) is 0 Å². The molecular formula is C19H15N5O3S. The second-order valence-electron chi connectivity index (χ2n) is 6.12. The molecule has 4 aromatic rings. The number of aromatic nitrogens is 4. The molecule has 0 fully saturated rings. The van der Waals surface area contributed by atoms with E-state index in [1.807, 2.05) is 37.3 Å². The minimum absolute atomic E-state index is 0.0350. The van der Waals surface area contributed by atoms with E-state index in [9.17, 15) is 14.9 Å². The SMILES string of the molecule is Cc1nn2c(=O)[nH]c(SCc3cccc([N+](=O)[O-])c3)nc2c1-c1ccccc1. The summed E-state index contributed by atoms with van der Waals surface area (Å²) in [5, 5.41) is 15.7. The molecule has 8 nitrogen and oxygen atoms in total. The third-order valence-electron chi connectivity index (χ3n) is 4.21. The Morgan fingerprint density at radius 2 is 1.96 bits per heavy atom. The fourth-order valence-electron chi connectivity index (χ4n) is 2.95. The first-order chi connectivity index (χ1) is 13.5. The fourth-order valence-corrected chi connectivity index (χ4v) is 3.74. The standard InChI is InChI=1S/C19H15N5O3S/c1-12-16(14-7-3-2-4-8-14)17-20-18(21-19(25)23(17)22-12)28-11-13-6-5-9-15(10-13)24(26)27/h2-10H,11H2,1H3,(H,20,21,25). The Labute approximate surface area is 163 Å². The molecule has 0 aliphatic heterocycles. The summed E-state index contributed by atoms with van der Waals surface area (Å²) in [6.07, 6.45) is 0. The Balaban J connectivity index is 1.70. The number of thioether (sulfide) groups is 1. The van der Waals surface area contributed by atoms with Crippen molar-refractivity contribution in [1.29, 1.82) is 0 Å². The van der Waals surface area contributed by atoms with Crippen molar-refractivity contribution in [1.82, 2.24) is 19.6 Å². The first kappa shape index (κ1) is 17.9. The average Bonchev–Trinajstić information content (AvgIpc) is 3.04. The zero-order valence-corrected chi connectivity index (χ0v) is 15.6. The van der Waals surface area contributed by atoms with E-state index in [0.29, 0.717) is 22.3 Å². The van der Waals surface area contributed by atoms with Crippen LogP contribution in [-0.4, -0.2) is 24.5 Å². The van der Waals surface area contributed by atoms with Gasteiger partial charge in [-0.25, -0.2) is 9.78 Å². The lowest BCUT2D eigenvalue weighted by molar-refractivity contribution is -0.384. The topological polar surface area (TPSA) is 106 Å². The maximum absolute atomic E-state index is 12.5. The Hall–Kier alpha value is -3.46. The largest absolute Gasteiger partial charge is 0.350 e. The van der Waals surface area contributed by atoms with Crippen LogP contribution in [0.15, 0.2) is 64.5 Å². The number of nitro benzene ring substituents is 1. The lowest BCUT2D eigenvalue weighted by Gasteiger charge is -2.04. The number of nitrogens with one attached hydrogen (secondary N) is 1. The second kappa shape index (κ2) is 7.28. The van der Waals surface area contributed by atoms with Gasteiger partial charge in [0.1, 0.15) is 0 Å². The highest BCUT2D eigenvalue weighted by molar-refractivity contribution is 7.98. The summed E-state index contributed by atoms with van der Waals surface area (Å²) < 4.78 is 1.26. The molecule has 140 valence electrons. The van der Waals surface area contributed by atoms with Crippen LogP contribution in [0.2, 0.25) is 0 Å². The van der Waals surface area contributed by atoms with E-state index in [1.165, 1.54) is 28.4 Å². The number of H-pyrrole nitrogens is 1. The Morgan fingerprint density at radius 3 is 2.71 bits per heavy atom. The first-order valence-electron chi connectivity index (χ1n) is 8.44. The van der Waals surface area contributed by atoms with Crippen LogP contribution in [0.5, 0.6) is 0 Å². The van der Waals surface area contributed by atoms with E-state index >= 15 is 0 Å². The Kier molecular flexibility index (Phi) is 4.66. The van der Waals surface area contributed by atoms with E-state index in [0.717, 1.165) is 16.7 Å². The van der Waals surface area contributed by atoms with Gasteiger partial charge in [0.15, 0.2) is 10.8 Å². The fraction of sp³-hybridized carbons (Fsp3) is 0.105. The third kappa shape index (κ3) is 3.39. The monoisotopic (exact) mass is 393 g/mol. The van der Waals surface area contributed by atoms with Gasteiger partial charge >= 0.3 is 5.69 Å². The van der Waals surface area contributed by atoms with Crippen molar-refractivity contribution in [2.45, 2.75) is 17.8 Å². The molecule has 4 rings (SSSR count). The van der Waals surface area contributed by atoms with Crippen LogP contribution in [0.3, 0.4) is 0 Å². The van der Waals surface area contributed by atoms with Gasteiger partial charge in [0.05, 0.1) is 10.6 Å². The highest BCUT2D eigenvalue weighted by Crippen LogP contribution is 2.28. The first-order valence-corrected chi connectivity index (χ1v) is 9.42. The number of aromatic amines is 1. The van der Waals surface area contributed by atoms with E-state index in [4.69, 9.17) is 0 Å². The van der Waals surface area contributed by atoms with Gasteiger partial charge in [0.25, 0.3) is 5.69 Å². The summed E-state index contributed by atoms with van der Waals surface area (Å²) in [4.78, 5) is 30.2. The highest BCUT2D eigenvalue weighted by atomic mass is 32.2. The molecule has 2 aromatic heterocycles. The molecule has 1 N–H and O–H groups in total. The minimum atomic E-state index is -0.429. The smallest absolute Gasteiger partial charge is 0.285 e. The Bertz CT molecular complexity index is 1230. The summed E-state index contributed by atoms with van der Waals surface area (Å²) in [7, 11) is 0. The molecule has 0 spiro atoms. The minimum Gasteiger partial charge on any atom is -0.285 e. The van der Waals surface area contributed by atoms with Crippen LogP contribution in [0, 0.1) is 17.0 Å². The number of nitrogens with zero attached hydrogens (tertiary/aromatic N) is 4. The van der Waals surface area contributed by atoms with E-state index in [1.54, 1.807) is 12.1 Å². The molecule has 0 aliphatic carbocycles. The number of non-ortho nitro benzene ring substituents is 1. The second-order valence-corrected chi connectivity index (χ2v) is 7.09. The van der Waals surface area contributed by atoms with Gasteiger partial charge in [0, 0.05) is 23.4 Å². The Morgan fingerprint density at radius 1 is 1.18 bits per heavy atom. The molecule has 2 heterocycles. The predicted octanol–water partition coefficient (Wildman–Crippen LogP) is 3.59. The van der Waals surface area contributed by atoms with Gasteiger partial charge in [-0.2, -0.15) is 9.61 Å². The number of hydrogen-bond donors (Lipinski definition) is 1. The average molecular weight is 393 g/mol. The summed E-state index contributed by atoms with van der Waals surface area (Å²) in [5.41, 5.74) is 3.37. The van der Waals surface area contributed by atoms with Crippen LogP contribution in [-0.2, 0) is 5.75 Å². The van der Waals surface area contributed by atoms with Gasteiger partial charge in [-0.1, -0.05) is 54.2 Å². The number of aryl methyl sites for hydroxylation is 1. The van der Waals surface area contributed by atoms with Crippen molar-refractivity contribution in [3.05, 3.63) is 86.5 Å². The van der Waals surface area contributed by atoms with Gasteiger partial charge in [-0.05, 0) is 18.1 Å². The normalized spacial score (nSPS) is 11.0. The number of benzene rings is 2. The maximum Gasteiger partial charge on any atom is 0.350 e. The van der Waals surface area contributed by atoms with Crippen LogP contribution < -0.4 is 5.69 Å². The van der Waals surface area contributed by atoms with Crippen molar-refractivity contribution >= 4 is 23.1 Å². The van der Waals surface area contributed by atoms with Crippen molar-refractivity contribution in [2.75, 3.05) is 0 Å². The molecule has 0 amide bonds. The zero-order valence-electron chi connectivity index (χ0n) is 14.8. The van der Waals surface area contributed by atoms with E-state index in [2.05, 4.69) is 15.1 Å². The quantitative estimate of drug-likeness (QED) is 0.315. The van der Waals surface area contributed by atoms with Crippen molar-refractivity contribution in [3.63, 3.8) is 0 Å². The van der Waals surface area contributed by atoms with Crippen molar-refractivity contribution < 1.29 is 4.92 Å². The number of fused-ring (bicyclic) bond motifs is 1. The van der Waals surface area contributed by atoms with Crippen molar-refractivity contribution in [3.8, 4) is 11.1 Å². The molecular weight excluding hydrogens is 378 g/mol. The third-order valence-corrected chi connectivity index (χ3v) is 5.15. The van der Waals surface area contributed by atoms with E-state index < -0.39 is 4.92 Å². The predicted molar refractivity (Wildman–Crippen MR) is 106 cm³/mol. The summed E-state index contributed by atoms with van der Waals surface area (Å²) in [5.74, 6) is 0.439. The lowest BCUT2D eigenvalue weighted by Crippen LogP contribution is -2.19. The molecule has 0 aliphatic rings. The molecule has 0 bridgehead atoms. The van der Waals surface area contributed by atoms with Gasteiger partial charge in [0.2, 0.25) is 0 Å². The van der Waals surface area contributed by atoms with Crippen molar-refractivity contribution in [2.24, 2.45) is 0 Å². The highest BCUT2D eigenvalue weighted by Gasteiger charge is 2.16. The maximum atomic E-state index is 12.5. The van der Waals surface area contributed by atoms with E-state index in [-0.39, 0.29) is 11.4 Å². The molecule has 28 heavy (non-hydrogen) atoms. The van der Waals surface area contributed by atoms with Gasteiger partial charge in [-0.3, -0.25) is 15.1 Å². The number of nitro groups is 1. The molecule has 0 atom stereocenters. The number of hydrogen-bond acceptors (Lipinski definition) is 6. The summed E-state index contributed by atoms with van der Waals surface area (Å²) in [6.45, 7) is 1.84. The molecule has 0 saturated heterocycles. The van der Waals surface area contributed by atoms with Crippen LogP contribution in [0.1, 0.15) is 11.3 Å².